The Bertz CT molecular complexity index is 599. The number of halogens is 1. The van der Waals surface area contributed by atoms with Gasteiger partial charge in [0.05, 0.1) is 26.4 Å². The third-order valence-electron chi connectivity index (χ3n) is 3.08. The number of ether oxygens (including phenoxy) is 3. The molecule has 0 spiro atoms. The van der Waals surface area contributed by atoms with E-state index in [9.17, 15) is 0 Å². The van der Waals surface area contributed by atoms with Gasteiger partial charge in [-0.25, -0.2) is 0 Å². The average molecular weight is 308 g/mol. The lowest BCUT2D eigenvalue weighted by atomic mass is 10.2. The quantitative estimate of drug-likeness (QED) is 0.876. The smallest absolute Gasteiger partial charge is 0.179 e. The van der Waals surface area contributed by atoms with Crippen LogP contribution in [0.4, 0.5) is 5.69 Å². The zero-order valence-corrected chi connectivity index (χ0v) is 13.0. The van der Waals surface area contributed by atoms with Crippen LogP contribution in [0.2, 0.25) is 5.02 Å². The van der Waals surface area contributed by atoms with Crippen LogP contribution in [-0.2, 0) is 6.54 Å². The Morgan fingerprint density at radius 2 is 1.67 bits per heavy atom. The zero-order chi connectivity index (χ0) is 15.2. The van der Waals surface area contributed by atoms with Crippen LogP contribution in [0.1, 0.15) is 5.56 Å². The SMILES string of the molecule is COc1ccc(NCc2cc(Cl)c(OC)c(OC)c2)cc1. The van der Waals surface area contributed by atoms with Crippen molar-refractivity contribution in [3.63, 3.8) is 0 Å². The Morgan fingerprint density at radius 1 is 0.952 bits per heavy atom. The minimum atomic E-state index is 0.531. The molecule has 0 fully saturated rings. The average Bonchev–Trinajstić information content (AvgIpc) is 2.52. The molecule has 0 bridgehead atoms. The Morgan fingerprint density at radius 3 is 2.24 bits per heavy atom. The summed E-state index contributed by atoms with van der Waals surface area (Å²) >= 11 is 6.19. The molecule has 112 valence electrons. The van der Waals surface area contributed by atoms with Gasteiger partial charge in [-0.05, 0) is 42.0 Å². The highest BCUT2D eigenvalue weighted by Crippen LogP contribution is 2.36. The van der Waals surface area contributed by atoms with Gasteiger partial charge in [-0.3, -0.25) is 0 Å². The molecule has 0 amide bonds. The summed E-state index contributed by atoms with van der Waals surface area (Å²) in [5.41, 5.74) is 2.01. The molecule has 0 saturated carbocycles. The molecule has 0 aliphatic heterocycles. The molecule has 0 aliphatic carbocycles. The summed E-state index contributed by atoms with van der Waals surface area (Å²) in [7, 11) is 4.81. The van der Waals surface area contributed by atoms with Gasteiger partial charge in [0.2, 0.25) is 0 Å². The maximum Gasteiger partial charge on any atom is 0.179 e. The fourth-order valence-corrected chi connectivity index (χ4v) is 2.30. The minimum Gasteiger partial charge on any atom is -0.497 e. The van der Waals surface area contributed by atoms with Crippen LogP contribution in [0, 0.1) is 0 Å². The van der Waals surface area contributed by atoms with E-state index >= 15 is 0 Å². The molecule has 4 nitrogen and oxygen atoms in total. The van der Waals surface area contributed by atoms with E-state index in [2.05, 4.69) is 5.32 Å². The van der Waals surface area contributed by atoms with Gasteiger partial charge in [-0.2, -0.15) is 0 Å². The molecule has 2 aromatic carbocycles. The van der Waals surface area contributed by atoms with Gasteiger partial charge in [0.25, 0.3) is 0 Å². The summed E-state index contributed by atoms with van der Waals surface area (Å²) in [6, 6.07) is 11.5. The van der Waals surface area contributed by atoms with Gasteiger partial charge in [-0.1, -0.05) is 11.6 Å². The fourth-order valence-electron chi connectivity index (χ4n) is 1.99. The van der Waals surface area contributed by atoms with Crippen LogP contribution >= 0.6 is 11.6 Å². The molecule has 0 saturated heterocycles. The first-order valence-electron chi connectivity index (χ1n) is 6.46. The maximum atomic E-state index is 6.19. The van der Waals surface area contributed by atoms with Crippen LogP contribution in [-0.4, -0.2) is 21.3 Å². The Hall–Kier alpha value is -2.07. The normalized spacial score (nSPS) is 10.1. The van der Waals surface area contributed by atoms with Crippen molar-refractivity contribution in [3.05, 3.63) is 47.0 Å². The van der Waals surface area contributed by atoms with E-state index in [1.54, 1.807) is 21.3 Å². The van der Waals surface area contributed by atoms with Crippen molar-refractivity contribution in [1.82, 2.24) is 0 Å². The Balaban J connectivity index is 2.10. The molecular weight excluding hydrogens is 290 g/mol. The van der Waals surface area contributed by atoms with E-state index in [4.69, 9.17) is 25.8 Å². The molecular formula is C16H18ClNO3. The third-order valence-corrected chi connectivity index (χ3v) is 3.36. The second kappa shape index (κ2) is 7.09. The largest absolute Gasteiger partial charge is 0.497 e. The molecule has 0 aliphatic rings. The van der Waals surface area contributed by atoms with Crippen LogP contribution < -0.4 is 19.5 Å². The number of methoxy groups -OCH3 is 3. The van der Waals surface area contributed by atoms with Crippen molar-refractivity contribution in [2.45, 2.75) is 6.54 Å². The van der Waals surface area contributed by atoms with E-state index in [0.29, 0.717) is 23.1 Å². The number of benzene rings is 2. The maximum absolute atomic E-state index is 6.19. The number of hydrogen-bond acceptors (Lipinski definition) is 4. The van der Waals surface area contributed by atoms with E-state index in [1.807, 2.05) is 36.4 Å². The second-order valence-electron chi connectivity index (χ2n) is 4.40. The number of hydrogen-bond donors (Lipinski definition) is 1. The van der Waals surface area contributed by atoms with E-state index in [-0.39, 0.29) is 0 Å². The van der Waals surface area contributed by atoms with Crippen LogP contribution in [0.15, 0.2) is 36.4 Å². The number of rotatable bonds is 6. The molecule has 2 rings (SSSR count). The summed E-state index contributed by atoms with van der Waals surface area (Å²) in [5.74, 6) is 2.00. The molecule has 0 aromatic heterocycles. The monoisotopic (exact) mass is 307 g/mol. The molecule has 2 aromatic rings. The van der Waals surface area contributed by atoms with Gasteiger partial charge in [0, 0.05) is 12.2 Å². The molecule has 0 unspecified atom stereocenters. The van der Waals surface area contributed by atoms with Crippen LogP contribution in [0.25, 0.3) is 0 Å². The van der Waals surface area contributed by atoms with Crippen LogP contribution in [0.5, 0.6) is 17.2 Å². The first kappa shape index (κ1) is 15.3. The summed E-state index contributed by atoms with van der Waals surface area (Å²) in [4.78, 5) is 0. The second-order valence-corrected chi connectivity index (χ2v) is 4.80. The lowest BCUT2D eigenvalue weighted by Crippen LogP contribution is -2.01. The number of nitrogens with one attached hydrogen (secondary N) is 1. The van der Waals surface area contributed by atoms with Gasteiger partial charge in [-0.15, -0.1) is 0 Å². The Kier molecular flexibility index (Phi) is 5.17. The Labute approximate surface area is 129 Å². The molecule has 1 N–H and O–H groups in total. The predicted molar refractivity (Wildman–Crippen MR) is 84.9 cm³/mol. The summed E-state index contributed by atoms with van der Waals surface area (Å²) < 4.78 is 15.6. The van der Waals surface area contributed by atoms with Crippen molar-refractivity contribution in [2.75, 3.05) is 26.6 Å². The van der Waals surface area contributed by atoms with E-state index in [0.717, 1.165) is 17.0 Å². The zero-order valence-electron chi connectivity index (χ0n) is 12.3. The topological polar surface area (TPSA) is 39.7 Å². The first-order valence-corrected chi connectivity index (χ1v) is 6.84. The number of anilines is 1. The molecule has 0 radical (unpaired) electrons. The van der Waals surface area contributed by atoms with E-state index < -0.39 is 0 Å². The third kappa shape index (κ3) is 3.73. The van der Waals surface area contributed by atoms with Crippen molar-refractivity contribution in [2.24, 2.45) is 0 Å². The van der Waals surface area contributed by atoms with Crippen molar-refractivity contribution in [1.29, 1.82) is 0 Å². The standard InChI is InChI=1S/C16H18ClNO3/c1-19-13-6-4-12(5-7-13)18-10-11-8-14(17)16(21-3)15(9-11)20-2/h4-9,18H,10H2,1-3H3. The molecule has 21 heavy (non-hydrogen) atoms. The highest BCUT2D eigenvalue weighted by Gasteiger charge is 2.10. The van der Waals surface area contributed by atoms with E-state index in [1.165, 1.54) is 0 Å². The van der Waals surface area contributed by atoms with Crippen molar-refractivity contribution in [3.8, 4) is 17.2 Å². The van der Waals surface area contributed by atoms with Gasteiger partial charge < -0.3 is 19.5 Å². The van der Waals surface area contributed by atoms with Gasteiger partial charge >= 0.3 is 0 Å². The van der Waals surface area contributed by atoms with Gasteiger partial charge in [0.1, 0.15) is 5.75 Å². The van der Waals surface area contributed by atoms with Gasteiger partial charge in [0.15, 0.2) is 11.5 Å². The summed E-state index contributed by atoms with van der Waals surface area (Å²) in [6.45, 7) is 0.631. The molecule has 5 heteroatoms. The molecule has 0 heterocycles. The predicted octanol–water partition coefficient (Wildman–Crippen LogP) is 3.98. The van der Waals surface area contributed by atoms with Crippen molar-refractivity contribution < 1.29 is 14.2 Å². The van der Waals surface area contributed by atoms with Crippen LogP contribution in [0.3, 0.4) is 0 Å². The first-order chi connectivity index (χ1) is 10.2. The highest BCUT2D eigenvalue weighted by molar-refractivity contribution is 6.32. The minimum absolute atomic E-state index is 0.531. The molecule has 0 atom stereocenters. The summed E-state index contributed by atoms with van der Waals surface area (Å²) in [5, 5.41) is 3.85. The summed E-state index contributed by atoms with van der Waals surface area (Å²) in [6.07, 6.45) is 0. The van der Waals surface area contributed by atoms with Crippen molar-refractivity contribution >= 4 is 17.3 Å². The lowest BCUT2D eigenvalue weighted by Gasteiger charge is -2.13. The highest BCUT2D eigenvalue weighted by atomic mass is 35.5. The fraction of sp³-hybridized carbons (Fsp3) is 0.250. The lowest BCUT2D eigenvalue weighted by molar-refractivity contribution is 0.355.